The van der Waals surface area contributed by atoms with E-state index in [1.54, 1.807) is 24.3 Å². The largest absolute Gasteiger partial charge is 0.481 e. The predicted octanol–water partition coefficient (Wildman–Crippen LogP) is 1.51. The maximum Gasteiger partial charge on any atom is 0.303 e. The molecule has 1 aromatic carbocycles. The Hall–Kier alpha value is -2.65. The van der Waals surface area contributed by atoms with Crippen LogP contribution in [0.25, 0.3) is 0 Å². The normalized spacial score (nSPS) is 13.6. The van der Waals surface area contributed by atoms with E-state index in [1.165, 1.54) is 17.2 Å². The Labute approximate surface area is 150 Å². The number of furan rings is 1. The minimum Gasteiger partial charge on any atom is -0.481 e. The van der Waals surface area contributed by atoms with Gasteiger partial charge in [0.05, 0.1) is 24.1 Å². The first-order valence-electron chi connectivity index (χ1n) is 8.04. The maximum absolute atomic E-state index is 12.4. The summed E-state index contributed by atoms with van der Waals surface area (Å²) in [6.07, 6.45) is 1.68. The lowest BCUT2D eigenvalue weighted by atomic mass is 10.2. The Bertz CT molecular complexity index is 921. The topological polar surface area (TPSA) is 117 Å². The molecule has 0 radical (unpaired) electrons. The highest BCUT2D eigenvalue weighted by Crippen LogP contribution is 2.30. The van der Waals surface area contributed by atoms with E-state index < -0.39 is 16.0 Å². The summed E-state index contributed by atoms with van der Waals surface area (Å²) in [5.74, 6) is -0.801. The van der Waals surface area contributed by atoms with E-state index in [1.807, 2.05) is 0 Å². The Kier molecular flexibility index (Phi) is 5.10. The van der Waals surface area contributed by atoms with Gasteiger partial charge >= 0.3 is 5.97 Å². The molecule has 0 saturated carbocycles. The number of anilines is 1. The standard InChI is InChI=1S/C17H18N2O6S/c20-16(5-6-17(21)22)19-8-7-12-10-14(3-4-15(12)19)26(23,24)18-11-13-2-1-9-25-13/h1-4,9-10,18H,5-8,11H2,(H,21,22). The molecule has 138 valence electrons. The van der Waals surface area contributed by atoms with Gasteiger partial charge in [-0.3, -0.25) is 9.59 Å². The van der Waals surface area contributed by atoms with Crippen molar-refractivity contribution in [1.29, 1.82) is 0 Å². The van der Waals surface area contributed by atoms with Crippen molar-refractivity contribution in [3.05, 3.63) is 47.9 Å². The number of rotatable bonds is 7. The van der Waals surface area contributed by atoms with Crippen molar-refractivity contribution in [1.82, 2.24) is 4.72 Å². The Balaban J connectivity index is 1.73. The van der Waals surface area contributed by atoms with Crippen molar-refractivity contribution in [3.8, 4) is 0 Å². The molecular weight excluding hydrogens is 360 g/mol. The quantitative estimate of drug-likeness (QED) is 0.754. The fourth-order valence-corrected chi connectivity index (χ4v) is 3.86. The average Bonchev–Trinajstić information content (AvgIpc) is 3.26. The highest BCUT2D eigenvalue weighted by atomic mass is 32.2. The van der Waals surface area contributed by atoms with Gasteiger partial charge in [0.25, 0.3) is 0 Å². The fraction of sp³-hybridized carbons (Fsp3) is 0.294. The summed E-state index contributed by atoms with van der Waals surface area (Å²) >= 11 is 0. The van der Waals surface area contributed by atoms with Gasteiger partial charge in [-0.25, -0.2) is 13.1 Å². The van der Waals surface area contributed by atoms with Crippen molar-refractivity contribution < 1.29 is 27.5 Å². The highest BCUT2D eigenvalue weighted by Gasteiger charge is 2.26. The zero-order valence-electron chi connectivity index (χ0n) is 13.8. The van der Waals surface area contributed by atoms with E-state index >= 15 is 0 Å². The first-order chi connectivity index (χ1) is 12.4. The maximum atomic E-state index is 12.4. The van der Waals surface area contributed by atoms with Crippen LogP contribution < -0.4 is 9.62 Å². The van der Waals surface area contributed by atoms with E-state index in [9.17, 15) is 18.0 Å². The zero-order chi connectivity index (χ0) is 18.7. The molecule has 0 saturated heterocycles. The number of aliphatic carboxylic acids is 1. The third-order valence-electron chi connectivity index (χ3n) is 4.13. The van der Waals surface area contributed by atoms with Crippen molar-refractivity contribution in [3.63, 3.8) is 0 Å². The molecule has 26 heavy (non-hydrogen) atoms. The molecule has 1 aromatic heterocycles. The van der Waals surface area contributed by atoms with Gasteiger partial charge in [0, 0.05) is 18.7 Å². The Morgan fingerprint density at radius 1 is 1.23 bits per heavy atom. The van der Waals surface area contributed by atoms with Gasteiger partial charge in [-0.15, -0.1) is 0 Å². The number of carboxylic acid groups (broad SMARTS) is 1. The average molecular weight is 378 g/mol. The van der Waals surface area contributed by atoms with Gasteiger partial charge in [-0.2, -0.15) is 0 Å². The van der Waals surface area contributed by atoms with Crippen molar-refractivity contribution in [2.45, 2.75) is 30.7 Å². The second-order valence-electron chi connectivity index (χ2n) is 5.88. The van der Waals surface area contributed by atoms with Crippen LogP contribution in [0.5, 0.6) is 0 Å². The summed E-state index contributed by atoms with van der Waals surface area (Å²) in [6.45, 7) is 0.462. The molecule has 0 spiro atoms. The molecule has 1 aliphatic heterocycles. The number of nitrogens with one attached hydrogen (secondary N) is 1. The molecule has 3 rings (SSSR count). The number of carbonyl (C=O) groups excluding carboxylic acids is 1. The number of sulfonamides is 1. The molecule has 0 bridgehead atoms. The van der Waals surface area contributed by atoms with Crippen LogP contribution in [0, 0.1) is 0 Å². The number of hydrogen-bond acceptors (Lipinski definition) is 5. The summed E-state index contributed by atoms with van der Waals surface area (Å²) in [7, 11) is -3.71. The van der Waals surface area contributed by atoms with Crippen LogP contribution in [0.1, 0.15) is 24.2 Å². The van der Waals surface area contributed by atoms with E-state index in [-0.39, 0.29) is 30.2 Å². The van der Waals surface area contributed by atoms with Crippen molar-refractivity contribution in [2.75, 3.05) is 11.4 Å². The number of benzene rings is 1. The minimum absolute atomic E-state index is 0.0478. The monoisotopic (exact) mass is 378 g/mol. The van der Waals surface area contributed by atoms with Crippen LogP contribution in [0.4, 0.5) is 5.69 Å². The summed E-state index contributed by atoms with van der Waals surface area (Å²) in [5, 5.41) is 8.69. The summed E-state index contributed by atoms with van der Waals surface area (Å²) < 4.78 is 32.4. The number of amides is 1. The second-order valence-corrected chi connectivity index (χ2v) is 7.65. The summed E-state index contributed by atoms with van der Waals surface area (Å²) in [5.41, 5.74) is 1.37. The minimum atomic E-state index is -3.71. The summed E-state index contributed by atoms with van der Waals surface area (Å²) in [6, 6.07) is 7.92. The van der Waals surface area contributed by atoms with Crippen LogP contribution in [-0.4, -0.2) is 31.9 Å². The number of nitrogens with zero attached hydrogens (tertiary/aromatic N) is 1. The lowest BCUT2D eigenvalue weighted by Crippen LogP contribution is -2.29. The lowest BCUT2D eigenvalue weighted by molar-refractivity contribution is -0.138. The molecular formula is C17H18N2O6S. The fourth-order valence-electron chi connectivity index (χ4n) is 2.82. The molecule has 9 heteroatoms. The van der Waals surface area contributed by atoms with Gasteiger partial charge in [-0.1, -0.05) is 0 Å². The third-order valence-corrected chi connectivity index (χ3v) is 5.53. The third kappa shape index (κ3) is 3.94. The van der Waals surface area contributed by atoms with Gasteiger partial charge in [0.15, 0.2) is 0 Å². The molecule has 8 nitrogen and oxygen atoms in total. The molecule has 1 aliphatic rings. The number of carboxylic acids is 1. The van der Waals surface area contributed by atoms with Crippen LogP contribution in [0.2, 0.25) is 0 Å². The van der Waals surface area contributed by atoms with Crippen LogP contribution in [0.3, 0.4) is 0 Å². The van der Waals surface area contributed by atoms with Crippen LogP contribution >= 0.6 is 0 Å². The molecule has 0 atom stereocenters. The molecule has 0 fully saturated rings. The molecule has 1 amide bonds. The summed E-state index contributed by atoms with van der Waals surface area (Å²) in [4.78, 5) is 24.4. The Morgan fingerprint density at radius 2 is 2.04 bits per heavy atom. The van der Waals surface area contributed by atoms with Gasteiger partial charge in [0.1, 0.15) is 5.76 Å². The molecule has 2 heterocycles. The highest BCUT2D eigenvalue weighted by molar-refractivity contribution is 7.89. The first-order valence-corrected chi connectivity index (χ1v) is 9.52. The van der Waals surface area contributed by atoms with E-state index in [4.69, 9.17) is 9.52 Å². The molecule has 2 aromatic rings. The molecule has 2 N–H and O–H groups in total. The van der Waals surface area contributed by atoms with Gasteiger partial charge in [0.2, 0.25) is 15.9 Å². The predicted molar refractivity (Wildman–Crippen MR) is 92.1 cm³/mol. The number of fused-ring (bicyclic) bond motifs is 1. The SMILES string of the molecule is O=C(O)CCC(=O)N1CCc2cc(S(=O)(=O)NCc3ccco3)ccc21. The van der Waals surface area contributed by atoms with Gasteiger partial charge < -0.3 is 14.4 Å². The smallest absolute Gasteiger partial charge is 0.303 e. The van der Waals surface area contributed by atoms with Crippen molar-refractivity contribution >= 4 is 27.6 Å². The first kappa shape index (κ1) is 18.2. The van der Waals surface area contributed by atoms with E-state index in [0.29, 0.717) is 24.4 Å². The van der Waals surface area contributed by atoms with Crippen LogP contribution in [0.15, 0.2) is 45.9 Å². The zero-order valence-corrected chi connectivity index (χ0v) is 14.7. The number of carbonyl (C=O) groups is 2. The number of hydrogen-bond donors (Lipinski definition) is 2. The van der Waals surface area contributed by atoms with Crippen LogP contribution in [-0.2, 0) is 32.6 Å². The second kappa shape index (κ2) is 7.30. The lowest BCUT2D eigenvalue weighted by Gasteiger charge is -2.17. The van der Waals surface area contributed by atoms with Crippen molar-refractivity contribution in [2.24, 2.45) is 0 Å². The molecule has 0 unspecified atom stereocenters. The van der Waals surface area contributed by atoms with Gasteiger partial charge in [-0.05, 0) is 42.3 Å². The van der Waals surface area contributed by atoms with E-state index in [0.717, 1.165) is 5.56 Å². The molecule has 0 aliphatic carbocycles. The Morgan fingerprint density at radius 3 is 2.73 bits per heavy atom. The van der Waals surface area contributed by atoms with E-state index in [2.05, 4.69) is 4.72 Å².